The zero-order valence-electron chi connectivity index (χ0n) is 11.0. The molecule has 1 saturated heterocycles. The Labute approximate surface area is 119 Å². The summed E-state index contributed by atoms with van der Waals surface area (Å²) in [5.41, 5.74) is 0.967. The average Bonchev–Trinajstić information content (AvgIpc) is 2.39. The summed E-state index contributed by atoms with van der Waals surface area (Å²) in [6.45, 7) is 6.79. The van der Waals surface area contributed by atoms with Crippen LogP contribution in [0, 0.1) is 11.8 Å². The fourth-order valence-corrected chi connectivity index (χ4v) is 3.00. The van der Waals surface area contributed by atoms with Gasteiger partial charge in [-0.1, -0.05) is 25.4 Å². The fraction of sp³-hybridized carbons (Fsp3) is 0.643. The van der Waals surface area contributed by atoms with E-state index in [1.54, 1.807) is 6.20 Å². The van der Waals surface area contributed by atoms with E-state index in [0.717, 1.165) is 36.3 Å². The molecular formula is C14H20Cl2N2. The van der Waals surface area contributed by atoms with E-state index in [4.69, 9.17) is 23.2 Å². The van der Waals surface area contributed by atoms with Gasteiger partial charge in [-0.25, -0.2) is 4.98 Å². The fourth-order valence-electron chi connectivity index (χ4n) is 2.54. The molecule has 1 aromatic heterocycles. The molecule has 0 aliphatic carbocycles. The molecule has 1 fully saturated rings. The van der Waals surface area contributed by atoms with Gasteiger partial charge in [0.1, 0.15) is 5.82 Å². The molecule has 0 amide bonds. The predicted molar refractivity (Wildman–Crippen MR) is 78.6 cm³/mol. The van der Waals surface area contributed by atoms with Crippen LogP contribution in [0.15, 0.2) is 12.3 Å². The number of alkyl halides is 1. The number of hydrogen-bond donors (Lipinski definition) is 0. The van der Waals surface area contributed by atoms with Crippen molar-refractivity contribution in [1.82, 2.24) is 4.98 Å². The van der Waals surface area contributed by atoms with Gasteiger partial charge in [-0.05, 0) is 36.3 Å². The summed E-state index contributed by atoms with van der Waals surface area (Å²) < 4.78 is 0. The summed E-state index contributed by atoms with van der Waals surface area (Å²) in [6, 6.07) is 2.02. The van der Waals surface area contributed by atoms with Crippen molar-refractivity contribution in [1.29, 1.82) is 0 Å². The van der Waals surface area contributed by atoms with Gasteiger partial charge in [0.2, 0.25) is 0 Å². The molecule has 0 saturated carbocycles. The topological polar surface area (TPSA) is 16.1 Å². The summed E-state index contributed by atoms with van der Waals surface area (Å²) in [5, 5.41) is 0.658. The number of anilines is 1. The Hall–Kier alpha value is -0.470. The average molecular weight is 287 g/mol. The Bertz CT molecular complexity index is 399. The lowest BCUT2D eigenvalue weighted by Crippen LogP contribution is -2.35. The first-order chi connectivity index (χ1) is 8.61. The summed E-state index contributed by atoms with van der Waals surface area (Å²) in [7, 11) is 0. The second-order valence-electron chi connectivity index (χ2n) is 5.34. The maximum atomic E-state index is 6.03. The van der Waals surface area contributed by atoms with Crippen LogP contribution in [0.4, 0.5) is 5.82 Å². The third-order valence-corrected chi connectivity index (χ3v) is 4.50. The highest BCUT2D eigenvalue weighted by atomic mass is 35.5. The van der Waals surface area contributed by atoms with Gasteiger partial charge in [-0.3, -0.25) is 0 Å². The van der Waals surface area contributed by atoms with Crippen LogP contribution >= 0.6 is 23.2 Å². The Kier molecular flexibility index (Phi) is 4.74. The van der Waals surface area contributed by atoms with Crippen molar-refractivity contribution in [3.8, 4) is 0 Å². The summed E-state index contributed by atoms with van der Waals surface area (Å²) in [4.78, 5) is 6.75. The van der Waals surface area contributed by atoms with Crippen LogP contribution in [0.3, 0.4) is 0 Å². The molecule has 1 aliphatic rings. The molecule has 100 valence electrons. The van der Waals surface area contributed by atoms with Gasteiger partial charge >= 0.3 is 0 Å². The number of piperidine rings is 1. The zero-order valence-corrected chi connectivity index (χ0v) is 12.5. The van der Waals surface area contributed by atoms with E-state index >= 15 is 0 Å². The van der Waals surface area contributed by atoms with Crippen LogP contribution in [-0.4, -0.2) is 18.1 Å². The summed E-state index contributed by atoms with van der Waals surface area (Å²) >= 11 is 11.9. The van der Waals surface area contributed by atoms with Gasteiger partial charge in [0, 0.05) is 25.2 Å². The lowest BCUT2D eigenvalue weighted by Gasteiger charge is -2.34. The van der Waals surface area contributed by atoms with Crippen LogP contribution in [0.2, 0.25) is 5.02 Å². The van der Waals surface area contributed by atoms with Crippen LogP contribution in [-0.2, 0) is 5.88 Å². The molecule has 0 aromatic carbocycles. The summed E-state index contributed by atoms with van der Waals surface area (Å²) in [6.07, 6.45) is 4.21. The Balaban J connectivity index is 2.05. The van der Waals surface area contributed by atoms with Crippen molar-refractivity contribution in [3.63, 3.8) is 0 Å². The summed E-state index contributed by atoms with van der Waals surface area (Å²) in [5.74, 6) is 3.08. The number of nitrogens with zero attached hydrogens (tertiary/aromatic N) is 2. The van der Waals surface area contributed by atoms with Crippen molar-refractivity contribution in [2.24, 2.45) is 11.8 Å². The monoisotopic (exact) mass is 286 g/mol. The van der Waals surface area contributed by atoms with Crippen LogP contribution in [0.25, 0.3) is 0 Å². The Morgan fingerprint density at radius 3 is 2.61 bits per heavy atom. The molecule has 2 heterocycles. The molecule has 0 N–H and O–H groups in total. The highest BCUT2D eigenvalue weighted by Crippen LogP contribution is 2.28. The van der Waals surface area contributed by atoms with E-state index in [1.165, 1.54) is 12.8 Å². The largest absolute Gasteiger partial charge is 0.357 e. The van der Waals surface area contributed by atoms with Gasteiger partial charge < -0.3 is 4.90 Å². The molecule has 18 heavy (non-hydrogen) atoms. The smallest absolute Gasteiger partial charge is 0.128 e. The maximum absolute atomic E-state index is 6.03. The van der Waals surface area contributed by atoms with Gasteiger partial charge in [0.25, 0.3) is 0 Å². The standard InChI is InChI=1S/C14H20Cl2N2/c1-10(2)11-3-5-18(6-4-11)14-7-12(8-15)13(16)9-17-14/h7,9-11H,3-6,8H2,1-2H3. The van der Waals surface area contributed by atoms with Crippen molar-refractivity contribution in [2.45, 2.75) is 32.6 Å². The van der Waals surface area contributed by atoms with Crippen molar-refractivity contribution in [3.05, 3.63) is 22.8 Å². The van der Waals surface area contributed by atoms with E-state index in [9.17, 15) is 0 Å². The van der Waals surface area contributed by atoms with Gasteiger partial charge in [-0.15, -0.1) is 11.6 Å². The highest BCUT2D eigenvalue weighted by molar-refractivity contribution is 6.32. The first-order valence-corrected chi connectivity index (χ1v) is 7.48. The first-order valence-electron chi connectivity index (χ1n) is 6.57. The molecule has 4 heteroatoms. The molecule has 0 spiro atoms. The SMILES string of the molecule is CC(C)C1CCN(c2cc(CCl)c(Cl)cn2)CC1. The van der Waals surface area contributed by atoms with Crippen molar-refractivity contribution < 1.29 is 0 Å². The minimum Gasteiger partial charge on any atom is -0.357 e. The second kappa shape index (κ2) is 6.12. The Morgan fingerprint density at radius 1 is 1.39 bits per heavy atom. The minimum absolute atomic E-state index is 0.441. The lowest BCUT2D eigenvalue weighted by atomic mass is 9.87. The zero-order chi connectivity index (χ0) is 13.1. The van der Waals surface area contributed by atoms with Crippen molar-refractivity contribution >= 4 is 29.0 Å². The number of aromatic nitrogens is 1. The van der Waals surface area contributed by atoms with Gasteiger partial charge in [0.15, 0.2) is 0 Å². The maximum Gasteiger partial charge on any atom is 0.128 e. The van der Waals surface area contributed by atoms with Crippen LogP contribution in [0.1, 0.15) is 32.3 Å². The van der Waals surface area contributed by atoms with Crippen LogP contribution in [0.5, 0.6) is 0 Å². The lowest BCUT2D eigenvalue weighted by molar-refractivity contribution is 0.310. The molecule has 0 radical (unpaired) electrons. The second-order valence-corrected chi connectivity index (χ2v) is 6.01. The van der Waals surface area contributed by atoms with E-state index < -0.39 is 0 Å². The number of hydrogen-bond acceptors (Lipinski definition) is 2. The van der Waals surface area contributed by atoms with E-state index in [2.05, 4.69) is 23.7 Å². The molecular weight excluding hydrogens is 267 g/mol. The van der Waals surface area contributed by atoms with Gasteiger partial charge in [0.05, 0.1) is 5.02 Å². The molecule has 2 rings (SSSR count). The molecule has 0 bridgehead atoms. The number of halogens is 2. The molecule has 1 aliphatic heterocycles. The molecule has 0 unspecified atom stereocenters. The van der Waals surface area contributed by atoms with Crippen molar-refractivity contribution in [2.75, 3.05) is 18.0 Å². The van der Waals surface area contributed by atoms with Gasteiger partial charge in [-0.2, -0.15) is 0 Å². The quantitative estimate of drug-likeness (QED) is 0.768. The number of rotatable bonds is 3. The highest BCUT2D eigenvalue weighted by Gasteiger charge is 2.22. The molecule has 2 nitrogen and oxygen atoms in total. The third kappa shape index (κ3) is 3.10. The third-order valence-electron chi connectivity index (χ3n) is 3.87. The number of pyridine rings is 1. The predicted octanol–water partition coefficient (Wildman–Crippen LogP) is 4.35. The minimum atomic E-state index is 0.441. The molecule has 1 aromatic rings. The van der Waals surface area contributed by atoms with E-state index in [1.807, 2.05) is 6.07 Å². The normalized spacial score (nSPS) is 17.5. The first kappa shape index (κ1) is 14.0. The Morgan fingerprint density at radius 2 is 2.06 bits per heavy atom. The van der Waals surface area contributed by atoms with E-state index in [-0.39, 0.29) is 0 Å². The van der Waals surface area contributed by atoms with Crippen LogP contribution < -0.4 is 4.90 Å². The molecule has 0 atom stereocenters. The van der Waals surface area contributed by atoms with E-state index in [0.29, 0.717) is 10.9 Å².